The molecule has 0 aromatic heterocycles. The van der Waals surface area contributed by atoms with Gasteiger partial charge in [-0.05, 0) is 44.9 Å². The Labute approximate surface area is 113 Å². The van der Waals surface area contributed by atoms with Gasteiger partial charge in [-0.1, -0.05) is 0 Å². The summed E-state index contributed by atoms with van der Waals surface area (Å²) in [6, 6.07) is 7.29. The van der Waals surface area contributed by atoms with Crippen LogP contribution in [0.5, 0.6) is 11.5 Å². The van der Waals surface area contributed by atoms with E-state index >= 15 is 0 Å². The second kappa shape index (κ2) is 6.79. The molecule has 1 aromatic carbocycles. The third-order valence-electron chi connectivity index (χ3n) is 2.83. The van der Waals surface area contributed by atoms with Crippen molar-refractivity contribution in [2.24, 2.45) is 5.41 Å². The molecule has 4 heteroatoms. The summed E-state index contributed by atoms with van der Waals surface area (Å²) < 4.78 is 10.8. The van der Waals surface area contributed by atoms with Crippen molar-refractivity contribution in [3.63, 3.8) is 0 Å². The van der Waals surface area contributed by atoms with Gasteiger partial charge in [0.15, 0.2) is 11.5 Å². The van der Waals surface area contributed by atoms with E-state index in [9.17, 15) is 4.79 Å². The molecule has 0 saturated carbocycles. The van der Waals surface area contributed by atoms with Gasteiger partial charge in [0.05, 0.1) is 25.2 Å². The van der Waals surface area contributed by atoms with Gasteiger partial charge in [0.2, 0.25) is 0 Å². The first kappa shape index (κ1) is 15.0. The molecule has 0 saturated heterocycles. The zero-order chi connectivity index (χ0) is 14.3. The van der Waals surface area contributed by atoms with Crippen LogP contribution in [0.2, 0.25) is 0 Å². The van der Waals surface area contributed by atoms with Crippen molar-refractivity contribution < 1.29 is 14.3 Å². The molecule has 0 heterocycles. The fraction of sp³-hybridized carbons (Fsp3) is 0.467. The van der Waals surface area contributed by atoms with Gasteiger partial charge in [0.25, 0.3) is 0 Å². The quantitative estimate of drug-likeness (QED) is 0.558. The maximum atomic E-state index is 10.7. The lowest BCUT2D eigenvalue weighted by atomic mass is 9.90. The zero-order valence-corrected chi connectivity index (χ0v) is 11.6. The minimum atomic E-state index is -0.335. The Morgan fingerprint density at radius 2 is 2.11 bits per heavy atom. The first-order chi connectivity index (χ1) is 9.02. The average Bonchev–Trinajstić information content (AvgIpc) is 2.43. The number of carbonyl (C=O) groups is 1. The molecule has 0 unspecified atom stereocenters. The van der Waals surface area contributed by atoms with E-state index in [0.29, 0.717) is 23.7 Å². The fourth-order valence-corrected chi connectivity index (χ4v) is 1.63. The monoisotopic (exact) mass is 261 g/mol. The van der Waals surface area contributed by atoms with E-state index in [4.69, 9.17) is 14.7 Å². The van der Waals surface area contributed by atoms with Crippen LogP contribution in [0.3, 0.4) is 0 Å². The Kier molecular flexibility index (Phi) is 5.37. The summed E-state index contributed by atoms with van der Waals surface area (Å²) in [6.45, 7) is 4.30. The third-order valence-corrected chi connectivity index (χ3v) is 2.83. The van der Waals surface area contributed by atoms with Crippen molar-refractivity contribution in [1.29, 1.82) is 5.26 Å². The van der Waals surface area contributed by atoms with Gasteiger partial charge >= 0.3 is 0 Å². The van der Waals surface area contributed by atoms with Gasteiger partial charge in [0.1, 0.15) is 6.29 Å². The van der Waals surface area contributed by atoms with Crippen molar-refractivity contribution in [2.75, 3.05) is 13.7 Å². The molecular formula is C15H19NO3. The Morgan fingerprint density at radius 3 is 2.68 bits per heavy atom. The highest BCUT2D eigenvalue weighted by atomic mass is 16.5. The van der Waals surface area contributed by atoms with Crippen LogP contribution in [0.1, 0.15) is 37.0 Å². The first-order valence-electron chi connectivity index (χ1n) is 6.19. The third kappa shape index (κ3) is 4.63. The normalized spacial score (nSPS) is 10.6. The van der Waals surface area contributed by atoms with E-state index in [2.05, 4.69) is 6.07 Å². The molecule has 0 N–H and O–H groups in total. The Morgan fingerprint density at radius 1 is 1.37 bits per heavy atom. The highest BCUT2D eigenvalue weighted by molar-refractivity contribution is 5.76. The molecule has 0 fully saturated rings. The van der Waals surface area contributed by atoms with Crippen LogP contribution in [-0.2, 0) is 0 Å². The van der Waals surface area contributed by atoms with Crippen molar-refractivity contribution in [1.82, 2.24) is 0 Å². The van der Waals surface area contributed by atoms with E-state index in [1.807, 2.05) is 13.8 Å². The standard InChI is InChI=1S/C15H19NO3/c1-15(2,11-16)7-4-8-19-14-9-12(10-17)5-6-13(14)18-3/h5-6,9-10H,4,7-8H2,1-3H3. The number of aldehydes is 1. The molecule has 0 aliphatic heterocycles. The van der Waals surface area contributed by atoms with Gasteiger partial charge in [-0.3, -0.25) is 4.79 Å². The Hall–Kier alpha value is -2.02. The molecule has 0 aliphatic carbocycles. The van der Waals surface area contributed by atoms with E-state index in [1.165, 1.54) is 0 Å². The van der Waals surface area contributed by atoms with E-state index in [0.717, 1.165) is 19.1 Å². The lowest BCUT2D eigenvalue weighted by Crippen LogP contribution is -2.10. The molecular weight excluding hydrogens is 242 g/mol. The maximum absolute atomic E-state index is 10.7. The number of carbonyl (C=O) groups excluding carboxylic acids is 1. The van der Waals surface area contributed by atoms with E-state index in [1.54, 1.807) is 25.3 Å². The van der Waals surface area contributed by atoms with Crippen LogP contribution in [0.4, 0.5) is 0 Å². The van der Waals surface area contributed by atoms with Gasteiger partial charge in [-0.25, -0.2) is 0 Å². The number of hydrogen-bond donors (Lipinski definition) is 0. The predicted octanol–water partition coefficient (Wildman–Crippen LogP) is 3.22. The summed E-state index contributed by atoms with van der Waals surface area (Å²) >= 11 is 0. The molecule has 0 amide bonds. The van der Waals surface area contributed by atoms with Crippen molar-refractivity contribution in [3.8, 4) is 17.6 Å². The highest BCUT2D eigenvalue weighted by Crippen LogP contribution is 2.28. The highest BCUT2D eigenvalue weighted by Gasteiger charge is 2.16. The topological polar surface area (TPSA) is 59.3 Å². The van der Waals surface area contributed by atoms with Crippen molar-refractivity contribution in [2.45, 2.75) is 26.7 Å². The number of benzene rings is 1. The molecule has 0 aliphatic rings. The number of methoxy groups -OCH3 is 1. The largest absolute Gasteiger partial charge is 0.493 e. The summed E-state index contributed by atoms with van der Waals surface area (Å²) in [5, 5.41) is 8.91. The summed E-state index contributed by atoms with van der Waals surface area (Å²) in [5.74, 6) is 1.16. The number of ether oxygens (including phenoxy) is 2. The number of hydrogen-bond acceptors (Lipinski definition) is 4. The Balaban J connectivity index is 2.57. The number of nitriles is 1. The summed E-state index contributed by atoms with van der Waals surface area (Å²) in [5.41, 5.74) is 0.214. The molecule has 1 aromatic rings. The summed E-state index contributed by atoms with van der Waals surface area (Å²) in [7, 11) is 1.56. The molecule has 1 rings (SSSR count). The van der Waals surface area contributed by atoms with Crippen LogP contribution >= 0.6 is 0 Å². The second-order valence-electron chi connectivity index (χ2n) is 4.98. The molecule has 0 bridgehead atoms. The van der Waals surface area contributed by atoms with Crippen LogP contribution in [-0.4, -0.2) is 20.0 Å². The minimum absolute atomic E-state index is 0.335. The smallest absolute Gasteiger partial charge is 0.161 e. The predicted molar refractivity (Wildman–Crippen MR) is 72.5 cm³/mol. The van der Waals surface area contributed by atoms with Crippen LogP contribution in [0.15, 0.2) is 18.2 Å². The van der Waals surface area contributed by atoms with Crippen LogP contribution in [0.25, 0.3) is 0 Å². The number of nitrogens with zero attached hydrogens (tertiary/aromatic N) is 1. The van der Waals surface area contributed by atoms with Crippen LogP contribution in [0, 0.1) is 16.7 Å². The van der Waals surface area contributed by atoms with Gasteiger partial charge in [-0.2, -0.15) is 5.26 Å². The summed E-state index contributed by atoms with van der Waals surface area (Å²) in [6.07, 6.45) is 2.30. The average molecular weight is 261 g/mol. The minimum Gasteiger partial charge on any atom is -0.493 e. The van der Waals surface area contributed by atoms with Gasteiger partial charge in [0, 0.05) is 5.56 Å². The van der Waals surface area contributed by atoms with E-state index in [-0.39, 0.29) is 5.41 Å². The molecule has 0 spiro atoms. The van der Waals surface area contributed by atoms with E-state index < -0.39 is 0 Å². The molecule has 0 radical (unpaired) electrons. The molecule has 0 atom stereocenters. The van der Waals surface area contributed by atoms with Crippen molar-refractivity contribution >= 4 is 6.29 Å². The molecule has 4 nitrogen and oxygen atoms in total. The van der Waals surface area contributed by atoms with Gasteiger partial charge in [-0.15, -0.1) is 0 Å². The Bertz CT molecular complexity index is 475. The summed E-state index contributed by atoms with van der Waals surface area (Å²) in [4.78, 5) is 10.7. The number of rotatable bonds is 7. The van der Waals surface area contributed by atoms with Crippen LogP contribution < -0.4 is 9.47 Å². The van der Waals surface area contributed by atoms with Gasteiger partial charge < -0.3 is 9.47 Å². The lowest BCUT2D eigenvalue weighted by molar-refractivity contribution is 0.112. The fourth-order valence-electron chi connectivity index (χ4n) is 1.63. The first-order valence-corrected chi connectivity index (χ1v) is 6.19. The molecule has 102 valence electrons. The second-order valence-corrected chi connectivity index (χ2v) is 4.98. The zero-order valence-electron chi connectivity index (χ0n) is 11.6. The lowest BCUT2D eigenvalue weighted by Gasteiger charge is -2.15. The SMILES string of the molecule is COc1ccc(C=O)cc1OCCCC(C)(C)C#N. The molecule has 19 heavy (non-hydrogen) atoms. The van der Waals surface area contributed by atoms with Crippen molar-refractivity contribution in [3.05, 3.63) is 23.8 Å². The maximum Gasteiger partial charge on any atom is 0.161 e.